The maximum atomic E-state index is 8.86. The van der Waals surface area contributed by atoms with Gasteiger partial charge in [-0.05, 0) is 12.8 Å². The van der Waals surface area contributed by atoms with E-state index in [1.54, 1.807) is 0 Å². The van der Waals surface area contributed by atoms with Crippen molar-refractivity contribution in [2.75, 3.05) is 0 Å². The molecule has 0 aliphatic carbocycles. The van der Waals surface area contributed by atoms with Gasteiger partial charge in [0.1, 0.15) is 0 Å². The molecule has 0 rings (SSSR count). The highest BCUT2D eigenvalue weighted by molar-refractivity contribution is 4.81. The van der Waals surface area contributed by atoms with E-state index in [-0.39, 0.29) is 0 Å². The Morgan fingerprint density at radius 2 is 1.54 bits per heavy atom. The van der Waals surface area contributed by atoms with Gasteiger partial charge in [0.05, 0.1) is 6.07 Å². The number of hydrogen-bond acceptors (Lipinski definition) is 1. The van der Waals surface area contributed by atoms with Crippen LogP contribution in [-0.4, -0.2) is 0 Å². The van der Waals surface area contributed by atoms with Crippen molar-refractivity contribution in [3.8, 4) is 6.07 Å². The van der Waals surface area contributed by atoms with Gasteiger partial charge in [0.15, 0.2) is 0 Å². The quantitative estimate of drug-likeness (QED) is 0.512. The molecule has 1 unspecified atom stereocenters. The van der Waals surface area contributed by atoms with Crippen LogP contribution in [0.1, 0.15) is 65.2 Å². The molecule has 0 aromatic rings. The van der Waals surface area contributed by atoms with Crippen molar-refractivity contribution < 1.29 is 0 Å². The highest BCUT2D eigenvalue weighted by Crippen LogP contribution is 2.16. The van der Waals surface area contributed by atoms with E-state index in [1.807, 2.05) is 0 Å². The molecular formula is C12H23N. The van der Waals surface area contributed by atoms with Crippen LogP contribution in [0.15, 0.2) is 0 Å². The molecule has 0 aromatic carbocycles. The topological polar surface area (TPSA) is 23.8 Å². The molecule has 0 N–H and O–H groups in total. The van der Waals surface area contributed by atoms with Crippen LogP contribution in [0.2, 0.25) is 0 Å². The van der Waals surface area contributed by atoms with Crippen molar-refractivity contribution in [2.24, 2.45) is 5.92 Å². The Kier molecular flexibility index (Phi) is 9.20. The first kappa shape index (κ1) is 12.5. The molecule has 1 nitrogen and oxygen atoms in total. The minimum atomic E-state index is 0.330. The molecule has 0 bridgehead atoms. The molecule has 0 aliphatic rings. The van der Waals surface area contributed by atoms with Gasteiger partial charge in [0.25, 0.3) is 0 Å². The lowest BCUT2D eigenvalue weighted by atomic mass is 9.97. The number of unbranched alkanes of at least 4 members (excludes halogenated alkanes) is 4. The van der Waals surface area contributed by atoms with E-state index in [0.717, 1.165) is 12.8 Å². The lowest BCUT2D eigenvalue weighted by Gasteiger charge is -2.06. The average Bonchev–Trinajstić information content (AvgIpc) is 2.17. The number of rotatable bonds is 8. The van der Waals surface area contributed by atoms with Gasteiger partial charge in [0.2, 0.25) is 0 Å². The van der Waals surface area contributed by atoms with Gasteiger partial charge in [-0.3, -0.25) is 0 Å². The van der Waals surface area contributed by atoms with E-state index in [4.69, 9.17) is 5.26 Å². The second-order valence-electron chi connectivity index (χ2n) is 3.82. The van der Waals surface area contributed by atoms with Crippen molar-refractivity contribution in [2.45, 2.75) is 65.2 Å². The third-order valence-corrected chi connectivity index (χ3v) is 2.49. The van der Waals surface area contributed by atoms with Gasteiger partial charge in [-0.25, -0.2) is 0 Å². The molecule has 1 atom stereocenters. The van der Waals surface area contributed by atoms with E-state index in [9.17, 15) is 0 Å². The average molecular weight is 181 g/mol. The first-order valence-electron chi connectivity index (χ1n) is 5.74. The first-order valence-corrected chi connectivity index (χ1v) is 5.74. The standard InChI is InChI=1S/C12H23N/c1-3-5-7-8-10-12(11-13)9-6-4-2/h12H,3-10H2,1-2H3. The molecular weight excluding hydrogens is 158 g/mol. The van der Waals surface area contributed by atoms with E-state index >= 15 is 0 Å². The Balaban J connectivity index is 3.32. The molecule has 76 valence electrons. The zero-order valence-electron chi connectivity index (χ0n) is 9.18. The number of nitrogens with zero attached hydrogens (tertiary/aromatic N) is 1. The fraction of sp³-hybridized carbons (Fsp3) is 0.917. The van der Waals surface area contributed by atoms with Gasteiger partial charge in [-0.15, -0.1) is 0 Å². The second kappa shape index (κ2) is 9.58. The van der Waals surface area contributed by atoms with Crippen LogP contribution in [0.25, 0.3) is 0 Å². The predicted octanol–water partition coefficient (Wildman–Crippen LogP) is 4.29. The molecule has 0 aromatic heterocycles. The Morgan fingerprint density at radius 3 is 2.08 bits per heavy atom. The normalized spacial score (nSPS) is 12.4. The number of nitriles is 1. The van der Waals surface area contributed by atoms with Crippen molar-refractivity contribution in [3.63, 3.8) is 0 Å². The van der Waals surface area contributed by atoms with Gasteiger partial charge in [-0.2, -0.15) is 5.26 Å². The van der Waals surface area contributed by atoms with Crippen molar-refractivity contribution in [3.05, 3.63) is 0 Å². The molecule has 0 aliphatic heterocycles. The van der Waals surface area contributed by atoms with Crippen LogP contribution < -0.4 is 0 Å². The summed E-state index contributed by atoms with van der Waals surface area (Å²) >= 11 is 0. The molecule has 13 heavy (non-hydrogen) atoms. The van der Waals surface area contributed by atoms with Crippen LogP contribution in [0, 0.1) is 17.2 Å². The predicted molar refractivity (Wildman–Crippen MR) is 57.4 cm³/mol. The summed E-state index contributed by atoms with van der Waals surface area (Å²) in [4.78, 5) is 0. The van der Waals surface area contributed by atoms with Gasteiger partial charge in [0, 0.05) is 5.92 Å². The van der Waals surface area contributed by atoms with Crippen molar-refractivity contribution >= 4 is 0 Å². The molecule has 0 saturated carbocycles. The first-order chi connectivity index (χ1) is 6.35. The van der Waals surface area contributed by atoms with Crippen LogP contribution in [-0.2, 0) is 0 Å². The van der Waals surface area contributed by atoms with Crippen molar-refractivity contribution in [1.29, 1.82) is 5.26 Å². The summed E-state index contributed by atoms with van der Waals surface area (Å²) in [6.45, 7) is 4.41. The Hall–Kier alpha value is -0.510. The molecule has 0 spiro atoms. The fourth-order valence-electron chi connectivity index (χ4n) is 1.54. The monoisotopic (exact) mass is 181 g/mol. The minimum Gasteiger partial charge on any atom is -0.198 e. The molecule has 0 saturated heterocycles. The van der Waals surface area contributed by atoms with Crippen LogP contribution in [0.3, 0.4) is 0 Å². The van der Waals surface area contributed by atoms with Crippen molar-refractivity contribution in [1.82, 2.24) is 0 Å². The maximum Gasteiger partial charge on any atom is 0.0655 e. The largest absolute Gasteiger partial charge is 0.198 e. The third-order valence-electron chi connectivity index (χ3n) is 2.49. The lowest BCUT2D eigenvalue weighted by molar-refractivity contribution is 0.492. The molecule has 1 heteroatoms. The number of hydrogen-bond donors (Lipinski definition) is 0. The second-order valence-corrected chi connectivity index (χ2v) is 3.82. The zero-order chi connectivity index (χ0) is 9.94. The Morgan fingerprint density at radius 1 is 0.923 bits per heavy atom. The summed E-state index contributed by atoms with van der Waals surface area (Å²) in [5, 5.41) is 8.86. The fourth-order valence-corrected chi connectivity index (χ4v) is 1.54. The Bertz CT molecular complexity index is 135. The Labute approximate surface area is 83.1 Å². The highest BCUT2D eigenvalue weighted by Gasteiger charge is 2.05. The van der Waals surface area contributed by atoms with Crippen LogP contribution in [0.5, 0.6) is 0 Å². The van der Waals surface area contributed by atoms with E-state index in [0.29, 0.717) is 5.92 Å². The van der Waals surface area contributed by atoms with E-state index < -0.39 is 0 Å². The van der Waals surface area contributed by atoms with E-state index in [1.165, 1.54) is 38.5 Å². The summed E-state index contributed by atoms with van der Waals surface area (Å²) in [5.74, 6) is 0.330. The smallest absolute Gasteiger partial charge is 0.0655 e. The zero-order valence-corrected chi connectivity index (χ0v) is 9.18. The van der Waals surface area contributed by atoms with Crippen LogP contribution in [0.4, 0.5) is 0 Å². The summed E-state index contributed by atoms with van der Waals surface area (Å²) in [6, 6.07) is 2.41. The van der Waals surface area contributed by atoms with Crippen LogP contribution >= 0.6 is 0 Å². The molecule has 0 radical (unpaired) electrons. The lowest BCUT2D eigenvalue weighted by Crippen LogP contribution is -1.96. The molecule has 0 heterocycles. The van der Waals surface area contributed by atoms with Gasteiger partial charge in [-0.1, -0.05) is 52.4 Å². The summed E-state index contributed by atoms with van der Waals surface area (Å²) in [5.41, 5.74) is 0. The van der Waals surface area contributed by atoms with Gasteiger partial charge >= 0.3 is 0 Å². The molecule has 0 fully saturated rings. The van der Waals surface area contributed by atoms with Gasteiger partial charge < -0.3 is 0 Å². The summed E-state index contributed by atoms with van der Waals surface area (Å²) in [6.07, 6.45) is 9.82. The molecule has 0 amide bonds. The maximum absolute atomic E-state index is 8.86. The summed E-state index contributed by atoms with van der Waals surface area (Å²) in [7, 11) is 0. The minimum absolute atomic E-state index is 0.330. The third kappa shape index (κ3) is 7.84. The highest BCUT2D eigenvalue weighted by atomic mass is 14.3. The SMILES string of the molecule is CCCCCCC(C#N)CCCC. The van der Waals surface area contributed by atoms with E-state index in [2.05, 4.69) is 19.9 Å². The summed E-state index contributed by atoms with van der Waals surface area (Å²) < 4.78 is 0.